The van der Waals surface area contributed by atoms with Crippen LogP contribution in [0.3, 0.4) is 0 Å². The molecule has 0 bridgehead atoms. The van der Waals surface area contributed by atoms with Gasteiger partial charge < -0.3 is 15.7 Å². The molecule has 104 valence electrons. The maximum Gasteiger partial charge on any atom is 0.171 e. The van der Waals surface area contributed by atoms with E-state index in [1.165, 1.54) is 0 Å². The molecule has 2 rings (SSSR count). The van der Waals surface area contributed by atoms with Gasteiger partial charge in [0.25, 0.3) is 0 Å². The van der Waals surface area contributed by atoms with Gasteiger partial charge in [-0.25, -0.2) is 0 Å². The Bertz CT molecular complexity index is 642. The van der Waals surface area contributed by atoms with E-state index in [-0.39, 0.29) is 5.84 Å². The summed E-state index contributed by atoms with van der Waals surface area (Å²) in [6.45, 7) is 2.00. The summed E-state index contributed by atoms with van der Waals surface area (Å²) >= 11 is 1.56. The van der Waals surface area contributed by atoms with Gasteiger partial charge in [0.05, 0.1) is 7.11 Å². The Hall–Kier alpha value is -2.14. The lowest BCUT2D eigenvalue weighted by Gasteiger charge is -2.11. The Morgan fingerprint density at radius 2 is 2.00 bits per heavy atom. The van der Waals surface area contributed by atoms with Gasteiger partial charge in [-0.1, -0.05) is 35.1 Å². The molecule has 0 saturated heterocycles. The summed E-state index contributed by atoms with van der Waals surface area (Å²) in [7, 11) is 1.64. The zero-order valence-electron chi connectivity index (χ0n) is 11.3. The van der Waals surface area contributed by atoms with Crippen molar-refractivity contribution in [3.05, 3.63) is 53.6 Å². The monoisotopic (exact) mass is 288 g/mol. The van der Waals surface area contributed by atoms with Crippen molar-refractivity contribution in [2.45, 2.75) is 16.7 Å². The normalized spacial score (nSPS) is 11.4. The number of ether oxygens (including phenoxy) is 1. The van der Waals surface area contributed by atoms with Gasteiger partial charge in [0.15, 0.2) is 5.84 Å². The number of hydrogen-bond acceptors (Lipinski definition) is 4. The Labute approximate surface area is 122 Å². The van der Waals surface area contributed by atoms with E-state index in [0.29, 0.717) is 0 Å². The Balaban J connectivity index is 2.42. The van der Waals surface area contributed by atoms with E-state index < -0.39 is 0 Å². The third-order valence-corrected chi connectivity index (χ3v) is 4.09. The van der Waals surface area contributed by atoms with Crippen molar-refractivity contribution in [2.24, 2.45) is 10.9 Å². The maximum absolute atomic E-state index is 8.89. The SMILES string of the molecule is COc1cccc(Sc2c(C)cccc2/C(N)=N/O)c1. The standard InChI is InChI=1S/C15H16N2O2S/c1-10-5-3-8-13(15(16)17-18)14(10)20-12-7-4-6-11(9-12)19-2/h3-9,18H,1-2H3,(H2,16,17). The highest BCUT2D eigenvalue weighted by atomic mass is 32.2. The van der Waals surface area contributed by atoms with Crippen LogP contribution in [0.4, 0.5) is 0 Å². The van der Waals surface area contributed by atoms with Crippen LogP contribution >= 0.6 is 11.8 Å². The second-order valence-electron chi connectivity index (χ2n) is 4.22. The molecule has 0 fully saturated rings. The summed E-state index contributed by atoms with van der Waals surface area (Å²) in [5.41, 5.74) is 7.53. The lowest BCUT2D eigenvalue weighted by atomic mass is 10.1. The first-order chi connectivity index (χ1) is 9.65. The zero-order valence-corrected chi connectivity index (χ0v) is 12.1. The van der Waals surface area contributed by atoms with E-state index in [4.69, 9.17) is 15.7 Å². The van der Waals surface area contributed by atoms with Crippen LogP contribution in [0.1, 0.15) is 11.1 Å². The van der Waals surface area contributed by atoms with Crippen LogP contribution in [0.5, 0.6) is 5.75 Å². The molecule has 0 radical (unpaired) electrons. The molecule has 0 aromatic heterocycles. The van der Waals surface area contributed by atoms with Crippen LogP contribution in [-0.2, 0) is 0 Å². The summed E-state index contributed by atoms with van der Waals surface area (Å²) < 4.78 is 5.22. The molecular formula is C15H16N2O2S. The van der Waals surface area contributed by atoms with Crippen LogP contribution in [0.25, 0.3) is 0 Å². The number of nitrogens with two attached hydrogens (primary N) is 1. The van der Waals surface area contributed by atoms with Gasteiger partial charge in [-0.2, -0.15) is 0 Å². The van der Waals surface area contributed by atoms with Gasteiger partial charge in [0, 0.05) is 15.4 Å². The van der Waals surface area contributed by atoms with Crippen molar-refractivity contribution in [3.8, 4) is 5.75 Å². The van der Waals surface area contributed by atoms with Crippen molar-refractivity contribution in [1.82, 2.24) is 0 Å². The van der Waals surface area contributed by atoms with Crippen LogP contribution in [0.15, 0.2) is 57.4 Å². The third kappa shape index (κ3) is 3.05. The molecule has 0 heterocycles. The van der Waals surface area contributed by atoms with Gasteiger partial charge in [0.1, 0.15) is 5.75 Å². The molecule has 3 N–H and O–H groups in total. The van der Waals surface area contributed by atoms with Crippen molar-refractivity contribution in [3.63, 3.8) is 0 Å². The van der Waals surface area contributed by atoms with Crippen LogP contribution < -0.4 is 10.5 Å². The number of methoxy groups -OCH3 is 1. The largest absolute Gasteiger partial charge is 0.497 e. The van der Waals surface area contributed by atoms with Crippen LogP contribution in [0, 0.1) is 6.92 Å². The highest BCUT2D eigenvalue weighted by Crippen LogP contribution is 2.34. The minimum absolute atomic E-state index is 0.110. The molecule has 20 heavy (non-hydrogen) atoms. The minimum atomic E-state index is 0.110. The summed E-state index contributed by atoms with van der Waals surface area (Å²) in [6, 6.07) is 13.5. The third-order valence-electron chi connectivity index (χ3n) is 2.86. The summed E-state index contributed by atoms with van der Waals surface area (Å²) in [5, 5.41) is 12.0. The van der Waals surface area contributed by atoms with Crippen molar-refractivity contribution < 1.29 is 9.94 Å². The number of hydrogen-bond donors (Lipinski definition) is 2. The number of amidine groups is 1. The summed E-state index contributed by atoms with van der Waals surface area (Å²) in [5.74, 6) is 0.910. The first-order valence-corrected chi connectivity index (χ1v) is 6.86. The molecule has 2 aromatic rings. The molecule has 0 aliphatic carbocycles. The average Bonchev–Trinajstić information content (AvgIpc) is 2.48. The number of nitrogens with zero attached hydrogens (tertiary/aromatic N) is 1. The van der Waals surface area contributed by atoms with Gasteiger partial charge in [-0.3, -0.25) is 0 Å². The Morgan fingerprint density at radius 1 is 1.25 bits per heavy atom. The molecule has 0 amide bonds. The van der Waals surface area contributed by atoms with Crippen LogP contribution in [-0.4, -0.2) is 18.2 Å². The highest BCUT2D eigenvalue weighted by molar-refractivity contribution is 7.99. The second-order valence-corrected chi connectivity index (χ2v) is 5.30. The predicted molar refractivity (Wildman–Crippen MR) is 80.8 cm³/mol. The quantitative estimate of drug-likeness (QED) is 0.392. The van der Waals surface area contributed by atoms with E-state index >= 15 is 0 Å². The fourth-order valence-corrected chi connectivity index (χ4v) is 2.90. The van der Waals surface area contributed by atoms with Crippen molar-refractivity contribution in [2.75, 3.05) is 7.11 Å². The number of oxime groups is 1. The van der Waals surface area contributed by atoms with E-state index in [1.807, 2.05) is 49.4 Å². The lowest BCUT2D eigenvalue weighted by molar-refractivity contribution is 0.318. The average molecular weight is 288 g/mol. The molecule has 5 heteroatoms. The van der Waals surface area contributed by atoms with Crippen molar-refractivity contribution in [1.29, 1.82) is 0 Å². The number of aryl methyl sites for hydroxylation is 1. The molecule has 0 atom stereocenters. The predicted octanol–water partition coefficient (Wildman–Crippen LogP) is 3.25. The smallest absolute Gasteiger partial charge is 0.171 e. The molecule has 0 aliphatic rings. The Morgan fingerprint density at radius 3 is 2.70 bits per heavy atom. The highest BCUT2D eigenvalue weighted by Gasteiger charge is 2.11. The Kier molecular flexibility index (Phi) is 4.53. The van der Waals surface area contributed by atoms with Crippen LogP contribution in [0.2, 0.25) is 0 Å². The van der Waals surface area contributed by atoms with E-state index in [1.54, 1.807) is 18.9 Å². The molecule has 0 saturated carbocycles. The zero-order chi connectivity index (χ0) is 14.5. The van der Waals surface area contributed by atoms with Gasteiger partial charge >= 0.3 is 0 Å². The van der Waals surface area contributed by atoms with E-state index in [0.717, 1.165) is 26.7 Å². The minimum Gasteiger partial charge on any atom is -0.497 e. The molecular weight excluding hydrogens is 272 g/mol. The maximum atomic E-state index is 8.89. The molecule has 0 spiro atoms. The molecule has 4 nitrogen and oxygen atoms in total. The lowest BCUT2D eigenvalue weighted by Crippen LogP contribution is -2.14. The van der Waals surface area contributed by atoms with E-state index in [9.17, 15) is 0 Å². The van der Waals surface area contributed by atoms with E-state index in [2.05, 4.69) is 5.16 Å². The fourth-order valence-electron chi connectivity index (χ4n) is 1.83. The van der Waals surface area contributed by atoms with Gasteiger partial charge in [-0.15, -0.1) is 0 Å². The van der Waals surface area contributed by atoms with Gasteiger partial charge in [-0.05, 0) is 36.8 Å². The molecule has 2 aromatic carbocycles. The first kappa shape index (κ1) is 14.3. The van der Waals surface area contributed by atoms with Gasteiger partial charge in [0.2, 0.25) is 0 Å². The number of rotatable bonds is 4. The van der Waals surface area contributed by atoms with Crippen molar-refractivity contribution >= 4 is 17.6 Å². The molecule has 0 unspecified atom stereocenters. The second kappa shape index (κ2) is 6.34. The first-order valence-electron chi connectivity index (χ1n) is 6.05. The number of benzene rings is 2. The fraction of sp³-hybridized carbons (Fsp3) is 0.133. The summed E-state index contributed by atoms with van der Waals surface area (Å²) in [6.07, 6.45) is 0. The summed E-state index contributed by atoms with van der Waals surface area (Å²) in [4.78, 5) is 2.00. The topological polar surface area (TPSA) is 67.8 Å². The molecule has 0 aliphatic heterocycles.